The Morgan fingerprint density at radius 3 is 3.08 bits per heavy atom. The van der Waals surface area contributed by atoms with Crippen LogP contribution in [0.2, 0.25) is 0 Å². The van der Waals surface area contributed by atoms with Gasteiger partial charge in [0, 0.05) is 11.0 Å². The predicted molar refractivity (Wildman–Crippen MR) is 55.7 cm³/mol. The minimum Gasteiger partial charge on any atom is -0.384 e. The molecule has 2 rings (SSSR count). The van der Waals surface area contributed by atoms with E-state index in [1.165, 1.54) is 27.7 Å². The minimum absolute atomic E-state index is 1.09. The van der Waals surface area contributed by atoms with E-state index in [4.69, 9.17) is 0 Å². The molecule has 1 N–H and O–H groups in total. The molecule has 1 aliphatic rings. The van der Waals surface area contributed by atoms with E-state index in [9.17, 15) is 0 Å². The number of hydrogen-bond acceptors (Lipinski definition) is 1. The molecular weight excluding hydrogens is 214 g/mol. The Kier molecular flexibility index (Phi) is 2.09. The summed E-state index contributed by atoms with van der Waals surface area (Å²) in [6.45, 7) is 3.30. The number of hydrogen-bond donors (Lipinski definition) is 1. The highest BCUT2D eigenvalue weighted by Crippen LogP contribution is 2.33. The van der Waals surface area contributed by atoms with E-state index in [0.29, 0.717) is 0 Å². The molecule has 0 saturated heterocycles. The zero-order valence-electron chi connectivity index (χ0n) is 7.15. The van der Waals surface area contributed by atoms with Crippen molar-refractivity contribution in [1.82, 2.24) is 0 Å². The van der Waals surface area contributed by atoms with Gasteiger partial charge >= 0.3 is 0 Å². The average Bonchev–Trinajstić information content (AvgIpc) is 2.54. The normalized spacial score (nSPS) is 14.2. The van der Waals surface area contributed by atoms with Crippen molar-refractivity contribution in [2.75, 3.05) is 11.9 Å². The third kappa shape index (κ3) is 1.14. The fourth-order valence-electron chi connectivity index (χ4n) is 1.78. The summed E-state index contributed by atoms with van der Waals surface area (Å²) in [6.07, 6.45) is 2.31. The molecule has 0 saturated carbocycles. The Bertz CT molecular complexity index is 307. The van der Waals surface area contributed by atoms with Crippen molar-refractivity contribution in [3.8, 4) is 0 Å². The van der Waals surface area contributed by atoms with Crippen molar-refractivity contribution in [3.63, 3.8) is 0 Å². The maximum absolute atomic E-state index is 3.55. The zero-order valence-corrected chi connectivity index (χ0v) is 8.74. The largest absolute Gasteiger partial charge is 0.384 e. The average molecular weight is 226 g/mol. The summed E-state index contributed by atoms with van der Waals surface area (Å²) in [4.78, 5) is 0. The van der Waals surface area contributed by atoms with Gasteiger partial charge in [-0.15, -0.1) is 0 Å². The Hall–Kier alpha value is -0.500. The molecule has 0 aromatic heterocycles. The summed E-state index contributed by atoms with van der Waals surface area (Å²) in [5.41, 5.74) is 4.31. The highest BCUT2D eigenvalue weighted by molar-refractivity contribution is 9.10. The lowest BCUT2D eigenvalue weighted by molar-refractivity contribution is 1.04. The first kappa shape index (κ1) is 8.11. The number of fused-ring (bicyclic) bond motifs is 1. The monoisotopic (exact) mass is 225 g/mol. The van der Waals surface area contributed by atoms with E-state index in [0.717, 1.165) is 13.0 Å². The van der Waals surface area contributed by atoms with Crippen LogP contribution in [0, 0.1) is 0 Å². The number of rotatable bonds is 1. The molecule has 1 nitrogen and oxygen atoms in total. The number of aryl methyl sites for hydroxylation is 1. The van der Waals surface area contributed by atoms with Gasteiger partial charge in [0.05, 0.1) is 5.69 Å². The molecule has 0 bridgehead atoms. The molecule has 1 aromatic rings. The Labute approximate surface area is 81.3 Å². The standard InChI is InChI=1S/C10H12BrN/c1-2-7-3-4-9(11)10-8(7)5-6-12-10/h3-4,12H,2,5-6H2,1H3. The second kappa shape index (κ2) is 3.09. The Balaban J connectivity index is 2.57. The molecule has 0 atom stereocenters. The van der Waals surface area contributed by atoms with Crippen LogP contribution in [0.25, 0.3) is 0 Å². The van der Waals surface area contributed by atoms with Gasteiger partial charge in [0.25, 0.3) is 0 Å². The second-order valence-corrected chi connectivity index (χ2v) is 3.94. The lowest BCUT2D eigenvalue weighted by Crippen LogP contribution is -1.91. The minimum atomic E-state index is 1.09. The van der Waals surface area contributed by atoms with Crippen LogP contribution in [0.5, 0.6) is 0 Å². The van der Waals surface area contributed by atoms with Crippen LogP contribution >= 0.6 is 15.9 Å². The fraction of sp³-hybridized carbons (Fsp3) is 0.400. The highest BCUT2D eigenvalue weighted by atomic mass is 79.9. The summed E-state index contributed by atoms with van der Waals surface area (Å²) in [5, 5.41) is 3.40. The summed E-state index contributed by atoms with van der Waals surface area (Å²) >= 11 is 3.55. The van der Waals surface area contributed by atoms with Gasteiger partial charge in [0.15, 0.2) is 0 Å². The maximum Gasteiger partial charge on any atom is 0.0520 e. The molecule has 2 heteroatoms. The van der Waals surface area contributed by atoms with E-state index < -0.39 is 0 Å². The quantitative estimate of drug-likeness (QED) is 0.776. The van der Waals surface area contributed by atoms with Gasteiger partial charge in [0.1, 0.15) is 0 Å². The van der Waals surface area contributed by atoms with Gasteiger partial charge in [-0.05, 0) is 46.0 Å². The molecule has 0 unspecified atom stereocenters. The smallest absolute Gasteiger partial charge is 0.0520 e. The maximum atomic E-state index is 3.55. The molecule has 1 aliphatic heterocycles. The lowest BCUT2D eigenvalue weighted by atomic mass is 10.0. The first-order chi connectivity index (χ1) is 5.83. The van der Waals surface area contributed by atoms with Crippen LogP contribution in [0.15, 0.2) is 16.6 Å². The number of benzene rings is 1. The van der Waals surface area contributed by atoms with Crippen molar-refractivity contribution in [3.05, 3.63) is 27.7 Å². The third-order valence-electron chi connectivity index (χ3n) is 2.42. The van der Waals surface area contributed by atoms with Gasteiger partial charge in [-0.1, -0.05) is 13.0 Å². The summed E-state index contributed by atoms with van der Waals surface area (Å²) in [6, 6.07) is 4.35. The Morgan fingerprint density at radius 1 is 1.50 bits per heavy atom. The second-order valence-electron chi connectivity index (χ2n) is 3.09. The van der Waals surface area contributed by atoms with E-state index in [-0.39, 0.29) is 0 Å². The molecule has 0 fully saturated rings. The van der Waals surface area contributed by atoms with Crippen LogP contribution in [0.4, 0.5) is 5.69 Å². The van der Waals surface area contributed by atoms with Gasteiger partial charge in [-0.2, -0.15) is 0 Å². The van der Waals surface area contributed by atoms with Crippen LogP contribution in [0.1, 0.15) is 18.1 Å². The number of halogens is 1. The molecule has 0 spiro atoms. The van der Waals surface area contributed by atoms with Crippen molar-refractivity contribution < 1.29 is 0 Å². The predicted octanol–water partition coefficient (Wildman–Crippen LogP) is 2.98. The third-order valence-corrected chi connectivity index (χ3v) is 3.08. The molecule has 0 aliphatic carbocycles. The highest BCUT2D eigenvalue weighted by Gasteiger charge is 2.15. The lowest BCUT2D eigenvalue weighted by Gasteiger charge is -2.07. The molecule has 1 heterocycles. The van der Waals surface area contributed by atoms with Crippen LogP contribution in [-0.4, -0.2) is 6.54 Å². The van der Waals surface area contributed by atoms with Crippen molar-refractivity contribution in [2.24, 2.45) is 0 Å². The van der Waals surface area contributed by atoms with Gasteiger partial charge in [-0.25, -0.2) is 0 Å². The molecule has 0 radical (unpaired) electrons. The van der Waals surface area contributed by atoms with Crippen molar-refractivity contribution in [2.45, 2.75) is 19.8 Å². The van der Waals surface area contributed by atoms with Crippen LogP contribution < -0.4 is 5.32 Å². The SMILES string of the molecule is CCc1ccc(Br)c2c1CCN2. The zero-order chi connectivity index (χ0) is 8.55. The van der Waals surface area contributed by atoms with Crippen molar-refractivity contribution >= 4 is 21.6 Å². The van der Waals surface area contributed by atoms with Crippen LogP contribution in [-0.2, 0) is 12.8 Å². The number of nitrogens with one attached hydrogen (secondary N) is 1. The molecule has 12 heavy (non-hydrogen) atoms. The van der Waals surface area contributed by atoms with E-state index in [1.807, 2.05) is 0 Å². The molecular formula is C10H12BrN. The van der Waals surface area contributed by atoms with E-state index in [2.05, 4.69) is 40.3 Å². The van der Waals surface area contributed by atoms with E-state index >= 15 is 0 Å². The number of anilines is 1. The summed E-state index contributed by atoms with van der Waals surface area (Å²) in [7, 11) is 0. The molecule has 64 valence electrons. The molecule has 1 aromatic carbocycles. The van der Waals surface area contributed by atoms with Gasteiger partial charge in [0.2, 0.25) is 0 Å². The van der Waals surface area contributed by atoms with Gasteiger partial charge in [-0.3, -0.25) is 0 Å². The Morgan fingerprint density at radius 2 is 2.33 bits per heavy atom. The first-order valence-electron chi connectivity index (χ1n) is 4.37. The van der Waals surface area contributed by atoms with Crippen LogP contribution in [0.3, 0.4) is 0 Å². The van der Waals surface area contributed by atoms with E-state index in [1.54, 1.807) is 0 Å². The van der Waals surface area contributed by atoms with Crippen molar-refractivity contribution in [1.29, 1.82) is 0 Å². The molecule has 0 amide bonds. The summed E-state index contributed by atoms with van der Waals surface area (Å²) < 4.78 is 1.20. The van der Waals surface area contributed by atoms with Gasteiger partial charge < -0.3 is 5.32 Å². The topological polar surface area (TPSA) is 12.0 Å². The fourth-order valence-corrected chi connectivity index (χ4v) is 2.29. The first-order valence-corrected chi connectivity index (χ1v) is 5.16. The summed E-state index contributed by atoms with van der Waals surface area (Å²) in [5.74, 6) is 0.